The van der Waals surface area contributed by atoms with Crippen molar-refractivity contribution in [3.63, 3.8) is 0 Å². The maximum Gasteiger partial charge on any atom is 0.352 e. The lowest BCUT2D eigenvalue weighted by Crippen LogP contribution is -2.52. The van der Waals surface area contributed by atoms with E-state index in [0.717, 1.165) is 6.92 Å². The summed E-state index contributed by atoms with van der Waals surface area (Å²) in [5.41, 5.74) is 0.148. The van der Waals surface area contributed by atoms with Gasteiger partial charge in [0.2, 0.25) is 5.91 Å². The van der Waals surface area contributed by atoms with Crippen molar-refractivity contribution in [1.29, 1.82) is 0 Å². The van der Waals surface area contributed by atoms with Gasteiger partial charge in [-0.3, -0.25) is 14.5 Å². The van der Waals surface area contributed by atoms with E-state index in [-0.39, 0.29) is 22.5 Å². The molecule has 1 atom stereocenters. The molecule has 0 radical (unpaired) electrons. The molecule has 1 amide bonds. The molecule has 2 heterocycles. The Hall–Kier alpha value is -1.54. The molecule has 1 fully saturated rings. The largest absolute Gasteiger partial charge is 0.481 e. The number of carboxylic acid groups (broad SMARTS) is 2. The van der Waals surface area contributed by atoms with Gasteiger partial charge in [-0.25, -0.2) is 4.79 Å². The fourth-order valence-corrected chi connectivity index (χ4v) is 2.45. The number of carbonyl (C=O) groups is 3. The molecule has 2 aliphatic heterocycles. The molecule has 0 spiro atoms. The van der Waals surface area contributed by atoms with Gasteiger partial charge < -0.3 is 15.7 Å². The Labute approximate surface area is 101 Å². The van der Waals surface area contributed by atoms with Crippen molar-refractivity contribution in [2.75, 3.05) is 5.75 Å². The summed E-state index contributed by atoms with van der Waals surface area (Å²) < 4.78 is 0. The molecular weight excluding hydrogens is 250 g/mol. The molecule has 7 nitrogen and oxygen atoms in total. The van der Waals surface area contributed by atoms with Crippen LogP contribution < -0.4 is 0 Å². The van der Waals surface area contributed by atoms with E-state index < -0.39 is 11.9 Å². The van der Waals surface area contributed by atoms with Gasteiger partial charge in [0.05, 0.1) is 11.8 Å². The Bertz CT molecular complexity index is 362. The first-order valence-electron chi connectivity index (χ1n) is 4.50. The highest BCUT2D eigenvalue weighted by Crippen LogP contribution is 2.36. The van der Waals surface area contributed by atoms with Crippen LogP contribution in [0.5, 0.6) is 0 Å². The third-order valence-electron chi connectivity index (χ3n) is 1.95. The summed E-state index contributed by atoms with van der Waals surface area (Å²) >= 11 is 1.60. The summed E-state index contributed by atoms with van der Waals surface area (Å²) in [5.74, 6) is -1.23. The third-order valence-corrected chi connectivity index (χ3v) is 3.07. The molecule has 2 aliphatic rings. The van der Waals surface area contributed by atoms with Gasteiger partial charge in [-0.05, 0) is 6.08 Å². The predicted octanol–water partition coefficient (Wildman–Crippen LogP) is -0.474. The second-order valence-corrected chi connectivity index (χ2v) is 4.38. The Morgan fingerprint density at radius 1 is 1.47 bits per heavy atom. The molecule has 4 N–H and O–H groups in total. The van der Waals surface area contributed by atoms with Crippen LogP contribution in [0.15, 0.2) is 11.8 Å². The van der Waals surface area contributed by atoms with Gasteiger partial charge in [0.25, 0.3) is 5.97 Å². The minimum atomic E-state index is -1.01. The fraction of sp³-hybridized carbons (Fsp3) is 0.444. The van der Waals surface area contributed by atoms with E-state index in [2.05, 4.69) is 0 Å². The van der Waals surface area contributed by atoms with Crippen LogP contribution in [0.3, 0.4) is 0 Å². The van der Waals surface area contributed by atoms with Gasteiger partial charge in [-0.2, -0.15) is 0 Å². The molecule has 2 rings (SSSR count). The summed E-state index contributed by atoms with van der Waals surface area (Å²) in [6, 6.07) is 0. The Morgan fingerprint density at radius 3 is 2.35 bits per heavy atom. The molecular formula is C9H13NO6S. The first-order valence-corrected chi connectivity index (χ1v) is 5.55. The quantitative estimate of drug-likeness (QED) is 0.615. The number of carboxylic acids is 2. The molecule has 0 aliphatic carbocycles. The minimum absolute atomic E-state index is 0. The second-order valence-electron chi connectivity index (χ2n) is 3.17. The van der Waals surface area contributed by atoms with E-state index in [9.17, 15) is 9.59 Å². The van der Waals surface area contributed by atoms with Crippen LogP contribution in [0.1, 0.15) is 13.3 Å². The van der Waals surface area contributed by atoms with E-state index in [1.807, 2.05) is 0 Å². The van der Waals surface area contributed by atoms with Crippen molar-refractivity contribution in [3.05, 3.63) is 11.8 Å². The maximum atomic E-state index is 11.0. The predicted molar refractivity (Wildman–Crippen MR) is 60.4 cm³/mol. The van der Waals surface area contributed by atoms with Crippen LogP contribution in [0.2, 0.25) is 0 Å². The topological polar surface area (TPSA) is 126 Å². The highest BCUT2D eigenvalue weighted by atomic mass is 32.2. The molecule has 0 aromatic carbocycles. The summed E-state index contributed by atoms with van der Waals surface area (Å²) in [4.78, 5) is 32.0. The summed E-state index contributed by atoms with van der Waals surface area (Å²) in [5, 5.41) is 16.2. The Balaban J connectivity index is 0.000000453. The van der Waals surface area contributed by atoms with Crippen LogP contribution in [0.25, 0.3) is 0 Å². The maximum absolute atomic E-state index is 11.0. The zero-order chi connectivity index (χ0) is 12.3. The highest BCUT2D eigenvalue weighted by Gasteiger charge is 2.42. The number of thioether (sulfide) groups is 1. The first-order chi connectivity index (χ1) is 7.43. The van der Waals surface area contributed by atoms with Crippen LogP contribution in [0, 0.1) is 0 Å². The number of rotatable bonds is 1. The molecule has 8 heteroatoms. The van der Waals surface area contributed by atoms with Crippen molar-refractivity contribution in [1.82, 2.24) is 4.90 Å². The number of hydrogen-bond acceptors (Lipinski definition) is 4. The first kappa shape index (κ1) is 15.5. The number of aliphatic carboxylic acids is 2. The van der Waals surface area contributed by atoms with Crippen LogP contribution in [-0.2, 0) is 14.4 Å². The third kappa shape index (κ3) is 3.75. The summed E-state index contributed by atoms with van der Waals surface area (Å²) in [6.45, 7) is 1.08. The van der Waals surface area contributed by atoms with Gasteiger partial charge in [0.1, 0.15) is 5.70 Å². The lowest BCUT2D eigenvalue weighted by atomic mass is 10.1. The van der Waals surface area contributed by atoms with Gasteiger partial charge >= 0.3 is 5.97 Å². The number of amides is 1. The SMILES string of the molecule is CC(=O)O.O.O=C(O)C1=CCSC2CC(=O)N12. The lowest BCUT2D eigenvalue weighted by molar-refractivity contribution is -0.146. The number of fused-ring (bicyclic) bond motifs is 1. The van der Waals surface area contributed by atoms with Crippen molar-refractivity contribution in [2.45, 2.75) is 18.7 Å². The van der Waals surface area contributed by atoms with Crippen molar-refractivity contribution >= 4 is 29.6 Å². The number of β-lactam (4-membered cyclic amide) rings is 1. The van der Waals surface area contributed by atoms with E-state index in [1.54, 1.807) is 17.8 Å². The number of carbonyl (C=O) groups excluding carboxylic acids is 1. The van der Waals surface area contributed by atoms with Crippen LogP contribution in [0.4, 0.5) is 0 Å². The monoisotopic (exact) mass is 263 g/mol. The Kier molecular flexibility index (Phi) is 5.69. The average Bonchev–Trinajstić information content (AvgIpc) is 2.14. The van der Waals surface area contributed by atoms with E-state index in [0.29, 0.717) is 12.2 Å². The molecule has 0 aromatic rings. The number of hydrogen-bond donors (Lipinski definition) is 2. The molecule has 17 heavy (non-hydrogen) atoms. The minimum Gasteiger partial charge on any atom is -0.481 e. The van der Waals surface area contributed by atoms with E-state index in [1.165, 1.54) is 4.90 Å². The fourth-order valence-electron chi connectivity index (χ4n) is 1.34. The molecule has 1 saturated heterocycles. The average molecular weight is 263 g/mol. The zero-order valence-corrected chi connectivity index (χ0v) is 9.86. The van der Waals surface area contributed by atoms with Crippen molar-refractivity contribution < 1.29 is 30.1 Å². The Morgan fingerprint density at radius 2 is 2.00 bits per heavy atom. The van der Waals surface area contributed by atoms with Gasteiger partial charge in [-0.15, -0.1) is 11.8 Å². The second kappa shape index (κ2) is 6.26. The van der Waals surface area contributed by atoms with E-state index in [4.69, 9.17) is 15.0 Å². The zero-order valence-electron chi connectivity index (χ0n) is 9.04. The number of nitrogens with zero attached hydrogens (tertiary/aromatic N) is 1. The summed E-state index contributed by atoms with van der Waals surface area (Å²) in [7, 11) is 0. The van der Waals surface area contributed by atoms with E-state index >= 15 is 0 Å². The normalized spacial score (nSPS) is 20.8. The lowest BCUT2D eigenvalue weighted by Gasteiger charge is -2.42. The molecule has 0 saturated carbocycles. The van der Waals surface area contributed by atoms with Crippen molar-refractivity contribution in [3.8, 4) is 0 Å². The van der Waals surface area contributed by atoms with Crippen LogP contribution in [-0.4, -0.2) is 49.6 Å². The van der Waals surface area contributed by atoms with Gasteiger partial charge in [0, 0.05) is 12.7 Å². The van der Waals surface area contributed by atoms with Crippen LogP contribution >= 0.6 is 11.8 Å². The molecule has 96 valence electrons. The van der Waals surface area contributed by atoms with Gasteiger partial charge in [-0.1, -0.05) is 0 Å². The summed E-state index contributed by atoms with van der Waals surface area (Å²) in [6.07, 6.45) is 2.07. The van der Waals surface area contributed by atoms with Crippen molar-refractivity contribution in [2.24, 2.45) is 0 Å². The standard InChI is InChI=1S/C7H7NO3S.C2H4O2.H2O/c9-5-3-6-8(5)4(7(10)11)1-2-12-6;1-2(3)4;/h1,6H,2-3H2,(H,10,11);1H3,(H,3,4);1H2. The molecule has 1 unspecified atom stereocenters. The smallest absolute Gasteiger partial charge is 0.352 e. The van der Waals surface area contributed by atoms with Gasteiger partial charge in [0.15, 0.2) is 0 Å². The molecule has 0 aromatic heterocycles. The molecule has 0 bridgehead atoms. The highest BCUT2D eigenvalue weighted by molar-refractivity contribution is 8.00.